The van der Waals surface area contributed by atoms with E-state index in [9.17, 15) is 0 Å². The fraction of sp³-hybridized carbons (Fsp3) is 0. The third kappa shape index (κ3) is 4.52. The van der Waals surface area contributed by atoms with Gasteiger partial charge < -0.3 is 4.40 Å². The molecule has 4 heterocycles. The molecule has 0 spiro atoms. The van der Waals surface area contributed by atoms with E-state index in [4.69, 9.17) is 15.0 Å². The summed E-state index contributed by atoms with van der Waals surface area (Å²) in [6.07, 6.45) is 4.08. The van der Waals surface area contributed by atoms with Crippen molar-refractivity contribution < 1.29 is 0 Å². The van der Waals surface area contributed by atoms with Crippen LogP contribution in [0.5, 0.6) is 0 Å². The predicted molar refractivity (Wildman–Crippen MR) is 185 cm³/mol. The molecule has 45 heavy (non-hydrogen) atoms. The molecule has 0 fully saturated rings. The molecule has 0 aliphatic carbocycles. The van der Waals surface area contributed by atoms with Crippen LogP contribution in [-0.4, -0.2) is 19.4 Å². The number of pyridine rings is 3. The molecule has 0 saturated carbocycles. The van der Waals surface area contributed by atoms with E-state index in [1.807, 2.05) is 28.8 Å². The van der Waals surface area contributed by atoms with E-state index >= 15 is 0 Å². The molecule has 0 aliphatic heterocycles. The minimum absolute atomic E-state index is 0.905. The molecule has 210 valence electrons. The molecule has 0 aliphatic rings. The van der Waals surface area contributed by atoms with Crippen LogP contribution in [-0.2, 0) is 0 Å². The highest BCUT2D eigenvalue weighted by Crippen LogP contribution is 2.32. The van der Waals surface area contributed by atoms with Gasteiger partial charge in [0.2, 0.25) is 0 Å². The number of hydrogen-bond acceptors (Lipinski definition) is 3. The number of aromatic nitrogens is 4. The molecule has 0 saturated heterocycles. The van der Waals surface area contributed by atoms with Gasteiger partial charge in [-0.25, -0.2) is 15.0 Å². The summed E-state index contributed by atoms with van der Waals surface area (Å²) in [6, 6.07) is 51.0. The highest BCUT2D eigenvalue weighted by Gasteiger charge is 2.11. The highest BCUT2D eigenvalue weighted by molar-refractivity contribution is 6.04. The molecule has 4 aromatic heterocycles. The lowest BCUT2D eigenvalue weighted by Crippen LogP contribution is -1.91. The fourth-order valence-corrected chi connectivity index (χ4v) is 6.20. The van der Waals surface area contributed by atoms with Crippen LogP contribution in [0.3, 0.4) is 0 Å². The first kappa shape index (κ1) is 25.4. The SMILES string of the molecule is c1cc(-c2ccc3ccccc3c2)cc(-c2ccc3ccc4ccc(-c5ccc(-c6cn7ccccc7n6)cc5)nc4c3n2)c1. The van der Waals surface area contributed by atoms with E-state index in [2.05, 4.69) is 134 Å². The minimum Gasteiger partial charge on any atom is -0.306 e. The molecule has 4 heteroatoms. The zero-order valence-corrected chi connectivity index (χ0v) is 24.3. The zero-order chi connectivity index (χ0) is 29.7. The van der Waals surface area contributed by atoms with Crippen LogP contribution in [0.1, 0.15) is 0 Å². The van der Waals surface area contributed by atoms with E-state index in [0.29, 0.717) is 0 Å². The largest absolute Gasteiger partial charge is 0.306 e. The first-order valence-corrected chi connectivity index (χ1v) is 15.1. The second kappa shape index (κ2) is 10.2. The average Bonchev–Trinajstić information content (AvgIpc) is 3.56. The summed E-state index contributed by atoms with van der Waals surface area (Å²) in [5, 5.41) is 4.63. The van der Waals surface area contributed by atoms with Crippen molar-refractivity contribution in [2.24, 2.45) is 0 Å². The summed E-state index contributed by atoms with van der Waals surface area (Å²) in [5.41, 5.74) is 11.1. The molecular weight excluding hydrogens is 548 g/mol. The Kier molecular flexibility index (Phi) is 5.78. The first-order chi connectivity index (χ1) is 22.2. The van der Waals surface area contributed by atoms with Gasteiger partial charge in [-0.05, 0) is 58.3 Å². The molecule has 9 rings (SSSR count). The predicted octanol–water partition coefficient (Wildman–Crippen LogP) is 10.3. The molecule has 5 aromatic carbocycles. The Labute approximate surface area is 259 Å². The zero-order valence-electron chi connectivity index (χ0n) is 24.3. The maximum Gasteiger partial charge on any atom is 0.137 e. The lowest BCUT2D eigenvalue weighted by atomic mass is 9.98. The quantitative estimate of drug-likeness (QED) is 0.196. The molecule has 9 aromatic rings. The molecule has 0 N–H and O–H groups in total. The number of imidazole rings is 1. The van der Waals surface area contributed by atoms with Crippen molar-refractivity contribution in [2.45, 2.75) is 0 Å². The van der Waals surface area contributed by atoms with Crippen molar-refractivity contribution >= 4 is 38.2 Å². The number of benzene rings is 5. The van der Waals surface area contributed by atoms with E-state index in [1.165, 1.54) is 21.9 Å². The Balaban J connectivity index is 1.09. The molecular formula is C41H26N4. The van der Waals surface area contributed by atoms with Crippen LogP contribution in [0.25, 0.3) is 83.1 Å². The molecule has 0 atom stereocenters. The Bertz CT molecular complexity index is 2510. The molecule has 0 amide bonds. The normalized spacial score (nSPS) is 11.6. The van der Waals surface area contributed by atoms with E-state index in [0.717, 1.165) is 61.2 Å². The van der Waals surface area contributed by atoms with Gasteiger partial charge in [0.15, 0.2) is 0 Å². The van der Waals surface area contributed by atoms with E-state index in [1.54, 1.807) is 0 Å². The van der Waals surface area contributed by atoms with Gasteiger partial charge in [-0.1, -0.05) is 109 Å². The third-order valence-electron chi connectivity index (χ3n) is 8.60. The van der Waals surface area contributed by atoms with Crippen LogP contribution in [0, 0.1) is 0 Å². The van der Waals surface area contributed by atoms with Crippen molar-refractivity contribution in [1.82, 2.24) is 19.4 Å². The second-order valence-electron chi connectivity index (χ2n) is 11.4. The van der Waals surface area contributed by atoms with E-state index < -0.39 is 0 Å². The Hall–Kier alpha value is -6.13. The van der Waals surface area contributed by atoms with Crippen molar-refractivity contribution in [2.75, 3.05) is 0 Å². The molecule has 0 radical (unpaired) electrons. The number of fused-ring (bicyclic) bond motifs is 5. The van der Waals surface area contributed by atoms with Crippen molar-refractivity contribution in [1.29, 1.82) is 0 Å². The molecule has 0 unspecified atom stereocenters. The van der Waals surface area contributed by atoms with Gasteiger partial charge in [-0.15, -0.1) is 0 Å². The van der Waals surface area contributed by atoms with Gasteiger partial charge in [0.05, 0.1) is 28.1 Å². The lowest BCUT2D eigenvalue weighted by molar-refractivity contribution is 1.19. The van der Waals surface area contributed by atoms with Crippen molar-refractivity contribution in [3.05, 3.63) is 158 Å². The van der Waals surface area contributed by atoms with Crippen molar-refractivity contribution in [3.63, 3.8) is 0 Å². The van der Waals surface area contributed by atoms with E-state index in [-0.39, 0.29) is 0 Å². The van der Waals surface area contributed by atoms with Gasteiger partial charge in [0.1, 0.15) is 5.65 Å². The van der Waals surface area contributed by atoms with Crippen LogP contribution in [0.4, 0.5) is 0 Å². The smallest absolute Gasteiger partial charge is 0.137 e. The van der Waals surface area contributed by atoms with Crippen molar-refractivity contribution in [3.8, 4) is 44.9 Å². The summed E-state index contributed by atoms with van der Waals surface area (Å²) in [7, 11) is 0. The molecule has 0 bridgehead atoms. The fourth-order valence-electron chi connectivity index (χ4n) is 6.20. The standard InChI is InChI=1S/C41H26N4/c1-2-7-32-24-34(18-11-27(32)6-1)33-8-5-9-35(25-33)37-22-20-31-17-16-30-19-21-36(43-40(30)41(31)44-37)28-12-14-29(15-13-28)38-26-45-23-4-3-10-39(45)42-38/h1-26H. The minimum atomic E-state index is 0.905. The maximum absolute atomic E-state index is 5.19. The second-order valence-corrected chi connectivity index (χ2v) is 11.4. The van der Waals surface area contributed by atoms with Crippen LogP contribution in [0.15, 0.2) is 158 Å². The number of rotatable bonds is 4. The summed E-state index contributed by atoms with van der Waals surface area (Å²) < 4.78 is 2.04. The maximum atomic E-state index is 5.19. The van der Waals surface area contributed by atoms with Gasteiger partial charge in [-0.3, -0.25) is 0 Å². The van der Waals surface area contributed by atoms with Gasteiger partial charge in [0.25, 0.3) is 0 Å². The summed E-state index contributed by atoms with van der Waals surface area (Å²) in [4.78, 5) is 15.1. The van der Waals surface area contributed by atoms with Crippen LogP contribution >= 0.6 is 0 Å². The highest BCUT2D eigenvalue weighted by atomic mass is 15.0. The monoisotopic (exact) mass is 574 g/mol. The summed E-state index contributed by atoms with van der Waals surface area (Å²) >= 11 is 0. The average molecular weight is 575 g/mol. The van der Waals surface area contributed by atoms with Gasteiger partial charge in [-0.2, -0.15) is 0 Å². The number of hydrogen-bond donors (Lipinski definition) is 0. The third-order valence-corrected chi connectivity index (χ3v) is 8.60. The molecule has 4 nitrogen and oxygen atoms in total. The lowest BCUT2D eigenvalue weighted by Gasteiger charge is -2.10. The Morgan fingerprint density at radius 2 is 0.933 bits per heavy atom. The number of nitrogens with zero attached hydrogens (tertiary/aromatic N) is 4. The first-order valence-electron chi connectivity index (χ1n) is 15.1. The topological polar surface area (TPSA) is 43.1 Å². The van der Waals surface area contributed by atoms with Gasteiger partial charge >= 0.3 is 0 Å². The summed E-state index contributed by atoms with van der Waals surface area (Å²) in [5.74, 6) is 0. The van der Waals surface area contributed by atoms with Gasteiger partial charge in [0, 0.05) is 39.9 Å². The Morgan fingerprint density at radius 3 is 1.69 bits per heavy atom. The van der Waals surface area contributed by atoms with Crippen LogP contribution in [0.2, 0.25) is 0 Å². The van der Waals surface area contributed by atoms with Crippen LogP contribution < -0.4 is 0 Å². The Morgan fingerprint density at radius 1 is 0.356 bits per heavy atom. The summed E-state index contributed by atoms with van der Waals surface area (Å²) in [6.45, 7) is 0.